The van der Waals surface area contributed by atoms with Gasteiger partial charge in [0.1, 0.15) is 5.82 Å². The number of nitrogens with zero attached hydrogens (tertiary/aromatic N) is 1. The highest BCUT2D eigenvalue weighted by molar-refractivity contribution is 5.90. The van der Waals surface area contributed by atoms with Crippen molar-refractivity contribution in [3.8, 4) is 11.1 Å². The summed E-state index contributed by atoms with van der Waals surface area (Å²) in [5.74, 6) is -0.743. The number of aromatic nitrogens is 1. The molecule has 0 spiro atoms. The van der Waals surface area contributed by atoms with Crippen LogP contribution in [0.15, 0.2) is 36.7 Å². The van der Waals surface area contributed by atoms with Gasteiger partial charge in [-0.05, 0) is 30.2 Å². The average Bonchev–Trinajstić information content (AvgIpc) is 2.41. The van der Waals surface area contributed by atoms with E-state index in [4.69, 9.17) is 0 Å². The molecule has 0 radical (unpaired) electrons. The molecule has 4 heteroatoms. The maximum atomic E-state index is 13.5. The Balaban J connectivity index is 2.44. The van der Waals surface area contributed by atoms with E-state index in [1.165, 1.54) is 19.4 Å². The van der Waals surface area contributed by atoms with Gasteiger partial charge in [0.2, 0.25) is 0 Å². The Bertz CT molecular complexity index is 596. The van der Waals surface area contributed by atoms with Crippen LogP contribution in [0.5, 0.6) is 0 Å². The lowest BCUT2D eigenvalue weighted by molar-refractivity contribution is 0.0600. The number of hydrogen-bond donors (Lipinski definition) is 0. The Morgan fingerprint density at radius 1 is 1.22 bits per heavy atom. The van der Waals surface area contributed by atoms with E-state index in [0.29, 0.717) is 22.3 Å². The molecule has 2 aromatic rings. The summed E-state index contributed by atoms with van der Waals surface area (Å²) in [7, 11) is 1.31. The molecule has 1 aromatic heterocycles. The Labute approximate surface area is 104 Å². The van der Waals surface area contributed by atoms with E-state index in [2.05, 4.69) is 9.72 Å². The van der Waals surface area contributed by atoms with E-state index in [0.717, 1.165) is 0 Å². The predicted octanol–water partition coefficient (Wildman–Crippen LogP) is 2.98. The fourth-order valence-corrected chi connectivity index (χ4v) is 1.60. The summed E-state index contributed by atoms with van der Waals surface area (Å²) in [5, 5.41) is 0. The minimum absolute atomic E-state index is 0.282. The van der Waals surface area contributed by atoms with Crippen LogP contribution in [-0.4, -0.2) is 18.1 Å². The molecule has 0 atom stereocenters. The van der Waals surface area contributed by atoms with Crippen molar-refractivity contribution < 1.29 is 13.9 Å². The first-order valence-corrected chi connectivity index (χ1v) is 5.41. The Morgan fingerprint density at radius 2 is 2.00 bits per heavy atom. The van der Waals surface area contributed by atoms with Gasteiger partial charge in [-0.2, -0.15) is 0 Å². The van der Waals surface area contributed by atoms with Crippen molar-refractivity contribution >= 4 is 5.97 Å². The van der Waals surface area contributed by atoms with E-state index in [-0.39, 0.29) is 5.82 Å². The lowest BCUT2D eigenvalue weighted by Crippen LogP contribution is -2.01. The zero-order valence-corrected chi connectivity index (χ0v) is 10.1. The smallest absolute Gasteiger partial charge is 0.339 e. The van der Waals surface area contributed by atoms with Gasteiger partial charge in [-0.25, -0.2) is 9.18 Å². The maximum absolute atomic E-state index is 13.5. The van der Waals surface area contributed by atoms with E-state index in [1.54, 1.807) is 31.3 Å². The molecule has 1 aromatic carbocycles. The largest absolute Gasteiger partial charge is 0.465 e. The molecule has 92 valence electrons. The van der Waals surface area contributed by atoms with Gasteiger partial charge in [-0.1, -0.05) is 12.1 Å². The molecule has 0 aliphatic carbocycles. The van der Waals surface area contributed by atoms with Crippen molar-refractivity contribution in [2.24, 2.45) is 0 Å². The number of benzene rings is 1. The number of halogens is 1. The first kappa shape index (κ1) is 12.2. The summed E-state index contributed by atoms with van der Waals surface area (Å²) in [6, 6.07) is 6.53. The van der Waals surface area contributed by atoms with Gasteiger partial charge in [0.25, 0.3) is 0 Å². The SMILES string of the molecule is COC(=O)c1cncc(-c2ccc(C)c(F)c2)c1. The first-order valence-electron chi connectivity index (χ1n) is 5.41. The highest BCUT2D eigenvalue weighted by atomic mass is 19.1. The minimum atomic E-state index is -0.461. The number of aryl methyl sites for hydroxylation is 1. The summed E-state index contributed by atoms with van der Waals surface area (Å²) in [4.78, 5) is 15.3. The second-order valence-electron chi connectivity index (χ2n) is 3.92. The van der Waals surface area contributed by atoms with Gasteiger partial charge in [0, 0.05) is 18.0 Å². The lowest BCUT2D eigenvalue weighted by Gasteiger charge is -2.05. The van der Waals surface area contributed by atoms with Crippen LogP contribution >= 0.6 is 0 Å². The molecule has 0 saturated carbocycles. The summed E-state index contributed by atoms with van der Waals surface area (Å²) in [6.45, 7) is 1.70. The van der Waals surface area contributed by atoms with Crippen molar-refractivity contribution in [3.63, 3.8) is 0 Å². The number of methoxy groups -OCH3 is 1. The summed E-state index contributed by atoms with van der Waals surface area (Å²) in [5.41, 5.74) is 2.28. The molecule has 0 aliphatic rings. The van der Waals surface area contributed by atoms with Gasteiger partial charge in [0.05, 0.1) is 12.7 Å². The second-order valence-corrected chi connectivity index (χ2v) is 3.92. The number of carbonyl (C=O) groups is 1. The fraction of sp³-hybridized carbons (Fsp3) is 0.143. The molecule has 2 rings (SSSR count). The topological polar surface area (TPSA) is 39.2 Å². The summed E-state index contributed by atoms with van der Waals surface area (Å²) >= 11 is 0. The van der Waals surface area contributed by atoms with Gasteiger partial charge in [0.15, 0.2) is 0 Å². The molecule has 18 heavy (non-hydrogen) atoms. The number of hydrogen-bond acceptors (Lipinski definition) is 3. The molecular formula is C14H12FNO2. The molecule has 0 unspecified atom stereocenters. The van der Waals surface area contributed by atoms with Gasteiger partial charge >= 0.3 is 5.97 Å². The molecule has 0 aliphatic heterocycles. The van der Waals surface area contributed by atoms with E-state index < -0.39 is 5.97 Å². The van der Waals surface area contributed by atoms with Crippen molar-refractivity contribution in [3.05, 3.63) is 53.6 Å². The van der Waals surface area contributed by atoms with Crippen molar-refractivity contribution in [1.29, 1.82) is 0 Å². The fourth-order valence-electron chi connectivity index (χ4n) is 1.60. The van der Waals surface area contributed by atoms with Crippen LogP contribution in [0.3, 0.4) is 0 Å². The number of esters is 1. The third-order valence-electron chi connectivity index (χ3n) is 2.66. The number of rotatable bonds is 2. The van der Waals surface area contributed by atoms with Crippen LogP contribution in [0.1, 0.15) is 15.9 Å². The first-order chi connectivity index (χ1) is 8.61. The Kier molecular flexibility index (Phi) is 3.37. The highest BCUT2D eigenvalue weighted by Gasteiger charge is 2.08. The van der Waals surface area contributed by atoms with Crippen LogP contribution in [0.4, 0.5) is 4.39 Å². The van der Waals surface area contributed by atoms with Gasteiger partial charge in [-0.3, -0.25) is 4.98 Å². The number of ether oxygens (including phenoxy) is 1. The number of pyridine rings is 1. The molecule has 0 amide bonds. The van der Waals surface area contributed by atoms with Crippen LogP contribution in [0.2, 0.25) is 0 Å². The van der Waals surface area contributed by atoms with Crippen LogP contribution in [0.25, 0.3) is 11.1 Å². The van der Waals surface area contributed by atoms with Crippen molar-refractivity contribution in [1.82, 2.24) is 4.98 Å². The number of carbonyl (C=O) groups excluding carboxylic acids is 1. The van der Waals surface area contributed by atoms with Gasteiger partial charge < -0.3 is 4.74 Å². The molecule has 0 N–H and O–H groups in total. The average molecular weight is 245 g/mol. The molecule has 0 saturated heterocycles. The minimum Gasteiger partial charge on any atom is -0.465 e. The maximum Gasteiger partial charge on any atom is 0.339 e. The van der Waals surface area contributed by atoms with Crippen LogP contribution < -0.4 is 0 Å². The van der Waals surface area contributed by atoms with E-state index in [9.17, 15) is 9.18 Å². The lowest BCUT2D eigenvalue weighted by atomic mass is 10.0. The molecule has 0 fully saturated rings. The molecule has 3 nitrogen and oxygen atoms in total. The highest BCUT2D eigenvalue weighted by Crippen LogP contribution is 2.22. The molecule has 1 heterocycles. The third kappa shape index (κ3) is 2.37. The van der Waals surface area contributed by atoms with Crippen LogP contribution in [0, 0.1) is 12.7 Å². The third-order valence-corrected chi connectivity index (χ3v) is 2.66. The normalized spacial score (nSPS) is 10.2. The zero-order chi connectivity index (χ0) is 13.1. The van der Waals surface area contributed by atoms with E-state index >= 15 is 0 Å². The van der Waals surface area contributed by atoms with Gasteiger partial charge in [-0.15, -0.1) is 0 Å². The zero-order valence-electron chi connectivity index (χ0n) is 10.1. The summed E-state index contributed by atoms with van der Waals surface area (Å²) < 4.78 is 18.1. The molecular weight excluding hydrogens is 233 g/mol. The monoisotopic (exact) mass is 245 g/mol. The molecule has 0 bridgehead atoms. The quantitative estimate of drug-likeness (QED) is 0.763. The van der Waals surface area contributed by atoms with Crippen molar-refractivity contribution in [2.75, 3.05) is 7.11 Å². The standard InChI is InChI=1S/C14H12FNO2/c1-9-3-4-10(6-13(9)15)11-5-12(8-16-7-11)14(17)18-2/h3-8H,1-2H3. The van der Waals surface area contributed by atoms with E-state index in [1.807, 2.05) is 0 Å². The van der Waals surface area contributed by atoms with Crippen molar-refractivity contribution in [2.45, 2.75) is 6.92 Å². The Hall–Kier alpha value is -2.23. The summed E-state index contributed by atoms with van der Waals surface area (Å²) in [6.07, 6.45) is 3.00. The second kappa shape index (κ2) is 4.96. The Morgan fingerprint density at radius 3 is 2.67 bits per heavy atom. The van der Waals surface area contributed by atoms with Crippen LogP contribution in [-0.2, 0) is 4.74 Å². The predicted molar refractivity (Wildman–Crippen MR) is 65.7 cm³/mol.